The van der Waals surface area contributed by atoms with Gasteiger partial charge in [0.2, 0.25) is 0 Å². The standard InChI is InChI=1S/C13H22N4O/c1-13(18)6-3-8-17(9-7-13)10-11-4-2-5-12(15-11)16-14/h2,4-5,18H,3,6-10,14H2,1H3,(H,15,16). The highest BCUT2D eigenvalue weighted by Gasteiger charge is 2.24. The number of nitrogens with two attached hydrogens (primary N) is 1. The predicted octanol–water partition coefficient (Wildman–Crippen LogP) is 1.10. The van der Waals surface area contributed by atoms with Gasteiger partial charge < -0.3 is 10.5 Å². The molecule has 1 unspecified atom stereocenters. The van der Waals surface area contributed by atoms with Crippen molar-refractivity contribution in [3.05, 3.63) is 23.9 Å². The Balaban J connectivity index is 1.96. The Morgan fingerprint density at radius 3 is 3.06 bits per heavy atom. The average Bonchev–Trinajstić information content (AvgIpc) is 2.51. The van der Waals surface area contributed by atoms with E-state index in [2.05, 4.69) is 15.3 Å². The van der Waals surface area contributed by atoms with E-state index in [9.17, 15) is 5.11 Å². The van der Waals surface area contributed by atoms with Crippen LogP contribution in [0.15, 0.2) is 18.2 Å². The molecule has 18 heavy (non-hydrogen) atoms. The third-order valence-electron chi connectivity index (χ3n) is 3.50. The smallest absolute Gasteiger partial charge is 0.140 e. The Kier molecular flexibility index (Phi) is 4.16. The minimum Gasteiger partial charge on any atom is -0.390 e. The first-order valence-corrected chi connectivity index (χ1v) is 6.46. The summed E-state index contributed by atoms with van der Waals surface area (Å²) in [5, 5.41) is 10.1. The van der Waals surface area contributed by atoms with Gasteiger partial charge in [0.25, 0.3) is 0 Å². The number of anilines is 1. The fourth-order valence-corrected chi connectivity index (χ4v) is 2.35. The lowest BCUT2D eigenvalue weighted by Crippen LogP contribution is -2.28. The lowest BCUT2D eigenvalue weighted by Gasteiger charge is -2.22. The molecule has 1 aromatic rings. The van der Waals surface area contributed by atoms with Crippen LogP contribution in [0.4, 0.5) is 5.82 Å². The first-order valence-electron chi connectivity index (χ1n) is 6.46. The molecule has 1 saturated heterocycles. The normalized spacial score (nSPS) is 25.7. The number of nitrogen functional groups attached to an aromatic ring is 1. The van der Waals surface area contributed by atoms with E-state index in [1.165, 1.54) is 0 Å². The number of rotatable bonds is 3. The number of aliphatic hydroxyl groups is 1. The number of aromatic nitrogens is 1. The minimum atomic E-state index is -0.511. The second-order valence-corrected chi connectivity index (χ2v) is 5.29. The number of nitrogens with one attached hydrogen (secondary N) is 1. The number of nitrogens with zero attached hydrogens (tertiary/aromatic N) is 2. The van der Waals surface area contributed by atoms with E-state index in [1.54, 1.807) is 0 Å². The molecule has 2 rings (SSSR count). The first kappa shape index (κ1) is 13.3. The average molecular weight is 250 g/mol. The van der Waals surface area contributed by atoms with Crippen LogP contribution in [0.3, 0.4) is 0 Å². The first-order chi connectivity index (χ1) is 8.59. The molecule has 1 atom stereocenters. The van der Waals surface area contributed by atoms with Crippen molar-refractivity contribution in [3.63, 3.8) is 0 Å². The van der Waals surface area contributed by atoms with Gasteiger partial charge in [-0.1, -0.05) is 6.07 Å². The van der Waals surface area contributed by atoms with E-state index in [4.69, 9.17) is 5.84 Å². The van der Waals surface area contributed by atoms with Crippen LogP contribution in [-0.2, 0) is 6.54 Å². The van der Waals surface area contributed by atoms with E-state index in [1.807, 2.05) is 25.1 Å². The lowest BCUT2D eigenvalue weighted by atomic mass is 9.98. The van der Waals surface area contributed by atoms with Gasteiger partial charge in [0.1, 0.15) is 5.82 Å². The van der Waals surface area contributed by atoms with Crippen molar-refractivity contribution in [1.82, 2.24) is 9.88 Å². The number of likely N-dealkylation sites (tertiary alicyclic amines) is 1. The van der Waals surface area contributed by atoms with Crippen molar-refractivity contribution in [1.29, 1.82) is 0 Å². The van der Waals surface area contributed by atoms with E-state index < -0.39 is 5.60 Å². The van der Waals surface area contributed by atoms with E-state index >= 15 is 0 Å². The van der Waals surface area contributed by atoms with Gasteiger partial charge in [0.15, 0.2) is 0 Å². The molecule has 4 N–H and O–H groups in total. The summed E-state index contributed by atoms with van der Waals surface area (Å²) in [6.07, 6.45) is 2.73. The van der Waals surface area contributed by atoms with E-state index in [0.29, 0.717) is 5.82 Å². The summed E-state index contributed by atoms with van der Waals surface area (Å²) >= 11 is 0. The summed E-state index contributed by atoms with van der Waals surface area (Å²) in [6.45, 7) is 4.66. The number of hydrogen-bond acceptors (Lipinski definition) is 5. The zero-order valence-corrected chi connectivity index (χ0v) is 10.9. The highest BCUT2D eigenvalue weighted by molar-refractivity contribution is 5.33. The molecular formula is C13H22N4O. The molecule has 1 aliphatic rings. The SMILES string of the molecule is CC1(O)CCCN(Cc2cccc(NN)n2)CC1. The molecule has 1 aromatic heterocycles. The molecule has 0 aliphatic carbocycles. The highest BCUT2D eigenvalue weighted by atomic mass is 16.3. The van der Waals surface area contributed by atoms with Crippen LogP contribution in [0, 0.1) is 0 Å². The van der Waals surface area contributed by atoms with Crippen LogP contribution in [0.5, 0.6) is 0 Å². The molecular weight excluding hydrogens is 228 g/mol. The fraction of sp³-hybridized carbons (Fsp3) is 0.615. The van der Waals surface area contributed by atoms with Gasteiger partial charge in [0, 0.05) is 13.1 Å². The maximum Gasteiger partial charge on any atom is 0.140 e. The topological polar surface area (TPSA) is 74.4 Å². The summed E-state index contributed by atoms with van der Waals surface area (Å²) in [6, 6.07) is 5.80. The monoisotopic (exact) mass is 250 g/mol. The Bertz CT molecular complexity index is 394. The number of pyridine rings is 1. The zero-order chi connectivity index (χ0) is 13.0. The molecule has 0 aromatic carbocycles. The zero-order valence-electron chi connectivity index (χ0n) is 10.9. The van der Waals surface area contributed by atoms with Gasteiger partial charge in [-0.2, -0.15) is 0 Å². The summed E-state index contributed by atoms with van der Waals surface area (Å²) in [4.78, 5) is 6.75. The van der Waals surface area contributed by atoms with E-state index in [0.717, 1.165) is 44.6 Å². The van der Waals surface area contributed by atoms with Crippen molar-refractivity contribution in [3.8, 4) is 0 Å². The van der Waals surface area contributed by atoms with Crippen molar-refractivity contribution >= 4 is 5.82 Å². The van der Waals surface area contributed by atoms with Gasteiger partial charge in [-0.15, -0.1) is 0 Å². The van der Waals surface area contributed by atoms with Crippen LogP contribution >= 0.6 is 0 Å². The molecule has 0 saturated carbocycles. The van der Waals surface area contributed by atoms with Crippen LogP contribution in [0.2, 0.25) is 0 Å². The molecule has 0 bridgehead atoms. The van der Waals surface area contributed by atoms with Crippen LogP contribution in [0.1, 0.15) is 31.9 Å². The van der Waals surface area contributed by atoms with Gasteiger partial charge in [-0.05, 0) is 44.9 Å². The summed E-state index contributed by atoms with van der Waals surface area (Å²) in [5.74, 6) is 6.04. The van der Waals surface area contributed by atoms with Crippen LogP contribution in [-0.4, -0.2) is 33.7 Å². The summed E-state index contributed by atoms with van der Waals surface area (Å²) < 4.78 is 0. The maximum absolute atomic E-state index is 10.1. The molecule has 0 amide bonds. The third kappa shape index (κ3) is 3.66. The Hall–Kier alpha value is -1.17. The molecule has 0 spiro atoms. The summed E-state index contributed by atoms with van der Waals surface area (Å²) in [7, 11) is 0. The lowest BCUT2D eigenvalue weighted by molar-refractivity contribution is 0.0444. The molecule has 5 heteroatoms. The second kappa shape index (κ2) is 5.65. The van der Waals surface area contributed by atoms with Crippen molar-refractivity contribution in [2.24, 2.45) is 5.84 Å². The Morgan fingerprint density at radius 1 is 1.44 bits per heavy atom. The third-order valence-corrected chi connectivity index (χ3v) is 3.50. The number of hydrazine groups is 1. The highest BCUT2D eigenvalue weighted by Crippen LogP contribution is 2.22. The fourth-order valence-electron chi connectivity index (χ4n) is 2.35. The van der Waals surface area contributed by atoms with Crippen molar-refractivity contribution in [2.45, 2.75) is 38.3 Å². The molecule has 0 radical (unpaired) electrons. The van der Waals surface area contributed by atoms with Crippen LogP contribution < -0.4 is 11.3 Å². The maximum atomic E-state index is 10.1. The molecule has 1 aliphatic heterocycles. The molecule has 100 valence electrons. The van der Waals surface area contributed by atoms with Gasteiger partial charge >= 0.3 is 0 Å². The summed E-state index contributed by atoms with van der Waals surface area (Å²) in [5.41, 5.74) is 3.06. The predicted molar refractivity (Wildman–Crippen MR) is 71.8 cm³/mol. The Labute approximate surface area is 108 Å². The van der Waals surface area contributed by atoms with Gasteiger partial charge in [-0.25, -0.2) is 10.8 Å². The van der Waals surface area contributed by atoms with Gasteiger partial charge in [0.05, 0.1) is 11.3 Å². The van der Waals surface area contributed by atoms with E-state index in [-0.39, 0.29) is 0 Å². The van der Waals surface area contributed by atoms with Crippen LogP contribution in [0.25, 0.3) is 0 Å². The van der Waals surface area contributed by atoms with Crippen molar-refractivity contribution < 1.29 is 5.11 Å². The number of hydrogen-bond donors (Lipinski definition) is 3. The molecule has 5 nitrogen and oxygen atoms in total. The molecule has 1 fully saturated rings. The van der Waals surface area contributed by atoms with Gasteiger partial charge in [-0.3, -0.25) is 4.90 Å². The minimum absolute atomic E-state index is 0.511. The second-order valence-electron chi connectivity index (χ2n) is 5.29. The quantitative estimate of drug-likeness (QED) is 0.553. The molecule has 2 heterocycles. The van der Waals surface area contributed by atoms with Crippen molar-refractivity contribution in [2.75, 3.05) is 18.5 Å². The Morgan fingerprint density at radius 2 is 2.28 bits per heavy atom. The largest absolute Gasteiger partial charge is 0.390 e.